The molecular formula is C17H19ClFIN2O4. The molecule has 2 aliphatic heterocycles. The van der Waals surface area contributed by atoms with Crippen molar-refractivity contribution < 1.29 is 23.5 Å². The van der Waals surface area contributed by atoms with E-state index in [1.807, 2.05) is 0 Å². The predicted molar refractivity (Wildman–Crippen MR) is 102 cm³/mol. The number of hydrogen-bond donors (Lipinski definition) is 0. The number of hydrogen-bond acceptors (Lipinski definition) is 4. The van der Waals surface area contributed by atoms with Crippen LogP contribution in [0, 0.1) is 9.39 Å². The van der Waals surface area contributed by atoms with Crippen molar-refractivity contribution in [3.8, 4) is 5.75 Å². The number of amides is 2. The van der Waals surface area contributed by atoms with E-state index in [1.54, 1.807) is 53.2 Å². The molecule has 0 bridgehead atoms. The van der Waals surface area contributed by atoms with Gasteiger partial charge >= 0.3 is 6.09 Å². The van der Waals surface area contributed by atoms with Gasteiger partial charge in [-0.1, -0.05) is 11.6 Å². The second kappa shape index (κ2) is 7.03. The van der Waals surface area contributed by atoms with Crippen LogP contribution < -0.4 is 4.74 Å². The van der Waals surface area contributed by atoms with E-state index in [9.17, 15) is 14.0 Å². The molecule has 0 N–H and O–H groups in total. The molecule has 1 aromatic carbocycles. The summed E-state index contributed by atoms with van der Waals surface area (Å²) in [6, 6.07) is 1.05. The van der Waals surface area contributed by atoms with Crippen LogP contribution in [0.5, 0.6) is 5.75 Å². The molecule has 142 valence electrons. The predicted octanol–water partition coefficient (Wildman–Crippen LogP) is 3.54. The molecular weight excluding hydrogens is 478 g/mol. The molecule has 1 saturated heterocycles. The number of carbonyl (C=O) groups excluding carboxylic acids is 2. The Kier molecular flexibility index (Phi) is 5.26. The van der Waals surface area contributed by atoms with Crippen LogP contribution in [0.15, 0.2) is 6.07 Å². The number of rotatable bonds is 0. The Bertz CT molecular complexity index is 768. The van der Waals surface area contributed by atoms with Gasteiger partial charge in [-0.2, -0.15) is 0 Å². The van der Waals surface area contributed by atoms with Crippen molar-refractivity contribution in [3.05, 3.63) is 26.0 Å². The van der Waals surface area contributed by atoms with E-state index in [4.69, 9.17) is 21.1 Å². The number of carbonyl (C=O) groups is 2. The number of nitrogens with zero attached hydrogens (tertiary/aromatic N) is 2. The minimum absolute atomic E-state index is 0.0815. The minimum Gasteiger partial charge on any atom is -0.487 e. The smallest absolute Gasteiger partial charge is 0.410 e. The highest BCUT2D eigenvalue weighted by molar-refractivity contribution is 14.1. The minimum atomic E-state index is -0.634. The van der Waals surface area contributed by atoms with Gasteiger partial charge in [0.15, 0.2) is 11.6 Å². The first kappa shape index (κ1) is 19.5. The van der Waals surface area contributed by atoms with Gasteiger partial charge in [0.1, 0.15) is 12.2 Å². The molecule has 0 aliphatic carbocycles. The van der Waals surface area contributed by atoms with Crippen molar-refractivity contribution >= 4 is 46.2 Å². The van der Waals surface area contributed by atoms with E-state index >= 15 is 0 Å². The van der Waals surface area contributed by atoms with Crippen LogP contribution in [0.25, 0.3) is 0 Å². The zero-order valence-corrected chi connectivity index (χ0v) is 17.6. The molecule has 3 rings (SSSR count). The van der Waals surface area contributed by atoms with Crippen molar-refractivity contribution in [2.75, 3.05) is 26.2 Å². The van der Waals surface area contributed by atoms with Gasteiger partial charge < -0.3 is 19.3 Å². The van der Waals surface area contributed by atoms with Crippen LogP contribution in [0.4, 0.5) is 9.18 Å². The zero-order valence-electron chi connectivity index (χ0n) is 14.6. The molecule has 26 heavy (non-hydrogen) atoms. The van der Waals surface area contributed by atoms with Crippen LogP contribution >= 0.6 is 34.2 Å². The van der Waals surface area contributed by atoms with Gasteiger partial charge in [0, 0.05) is 19.6 Å². The monoisotopic (exact) mass is 496 g/mol. The molecule has 1 atom stereocenters. The fourth-order valence-corrected chi connectivity index (χ4v) is 3.56. The Balaban J connectivity index is 1.83. The van der Waals surface area contributed by atoms with Gasteiger partial charge in [-0.05, 0) is 49.4 Å². The maximum Gasteiger partial charge on any atom is 0.410 e. The van der Waals surface area contributed by atoms with Gasteiger partial charge in [-0.3, -0.25) is 4.79 Å². The van der Waals surface area contributed by atoms with E-state index < -0.39 is 17.5 Å². The summed E-state index contributed by atoms with van der Waals surface area (Å²) in [6.45, 7) is 6.40. The lowest BCUT2D eigenvalue weighted by Crippen LogP contribution is -2.58. The second-order valence-corrected chi connectivity index (χ2v) is 8.74. The molecule has 0 unspecified atom stereocenters. The Morgan fingerprint density at radius 3 is 2.77 bits per heavy atom. The van der Waals surface area contributed by atoms with Crippen LogP contribution in [0.2, 0.25) is 5.02 Å². The Morgan fingerprint density at radius 1 is 1.42 bits per heavy atom. The number of piperazine rings is 1. The third-order valence-corrected chi connectivity index (χ3v) is 5.83. The van der Waals surface area contributed by atoms with E-state index in [-0.39, 0.29) is 45.0 Å². The van der Waals surface area contributed by atoms with Crippen molar-refractivity contribution in [2.45, 2.75) is 32.4 Å². The summed E-state index contributed by atoms with van der Waals surface area (Å²) in [5, 5.41) is 0.171. The molecule has 0 saturated carbocycles. The lowest BCUT2D eigenvalue weighted by molar-refractivity contribution is 0.000860. The van der Waals surface area contributed by atoms with E-state index in [2.05, 4.69) is 0 Å². The normalized spacial score (nSPS) is 20.1. The van der Waals surface area contributed by atoms with Crippen LogP contribution in [-0.2, 0) is 4.74 Å². The molecule has 2 heterocycles. The number of fused-ring (bicyclic) bond motifs is 2. The van der Waals surface area contributed by atoms with Crippen LogP contribution in [-0.4, -0.2) is 59.7 Å². The molecule has 1 aromatic rings. The maximum atomic E-state index is 14.5. The van der Waals surface area contributed by atoms with Crippen LogP contribution in [0.3, 0.4) is 0 Å². The first-order valence-corrected chi connectivity index (χ1v) is 9.63. The molecule has 0 aromatic heterocycles. The van der Waals surface area contributed by atoms with Gasteiger partial charge in [-0.25, -0.2) is 9.18 Å². The van der Waals surface area contributed by atoms with E-state index in [0.29, 0.717) is 13.1 Å². The molecule has 2 amide bonds. The van der Waals surface area contributed by atoms with Crippen molar-refractivity contribution in [1.29, 1.82) is 0 Å². The summed E-state index contributed by atoms with van der Waals surface area (Å²) >= 11 is 7.81. The number of benzene rings is 1. The van der Waals surface area contributed by atoms with Gasteiger partial charge in [0.25, 0.3) is 5.91 Å². The third kappa shape index (κ3) is 3.71. The van der Waals surface area contributed by atoms with Crippen molar-refractivity contribution in [1.82, 2.24) is 9.80 Å². The molecule has 2 aliphatic rings. The van der Waals surface area contributed by atoms with Crippen LogP contribution in [0.1, 0.15) is 31.1 Å². The van der Waals surface area contributed by atoms with Gasteiger partial charge in [-0.15, -0.1) is 0 Å². The Labute approximate surface area is 169 Å². The first-order valence-electron chi connectivity index (χ1n) is 8.17. The fraction of sp³-hybridized carbons (Fsp3) is 0.529. The van der Waals surface area contributed by atoms with Gasteiger partial charge in [0.2, 0.25) is 0 Å². The highest BCUT2D eigenvalue weighted by Gasteiger charge is 2.39. The standard InChI is InChI=1S/C17H19ClFIN2O4/c1-17(2,3)26-16(24)21-4-5-22-9(7-21)8-25-14-10(15(22)23)6-11(18)13(20)12(14)19/h6,9H,4-5,7-8H2,1-3H3/t9-/m1/s1. The largest absolute Gasteiger partial charge is 0.487 e. The topological polar surface area (TPSA) is 59.1 Å². The summed E-state index contributed by atoms with van der Waals surface area (Å²) in [5.41, 5.74) is -0.488. The zero-order chi connectivity index (χ0) is 19.2. The summed E-state index contributed by atoms with van der Waals surface area (Å²) in [4.78, 5) is 28.3. The molecule has 0 spiro atoms. The summed E-state index contributed by atoms with van der Waals surface area (Å²) < 4.78 is 25.7. The summed E-state index contributed by atoms with van der Waals surface area (Å²) in [7, 11) is 0. The SMILES string of the molecule is CC(C)(C)OC(=O)N1CCN2C(=O)c3cc(Cl)c(I)c(F)c3OC[C@H]2C1. The summed E-state index contributed by atoms with van der Waals surface area (Å²) in [6.07, 6.45) is -0.435. The second-order valence-electron chi connectivity index (χ2n) is 7.25. The average molecular weight is 497 g/mol. The van der Waals surface area contributed by atoms with Gasteiger partial charge in [0.05, 0.1) is 20.2 Å². The molecule has 0 radical (unpaired) electrons. The van der Waals surface area contributed by atoms with E-state index in [1.165, 1.54) is 6.07 Å². The van der Waals surface area contributed by atoms with E-state index in [0.717, 1.165) is 0 Å². The van der Waals surface area contributed by atoms with Crippen molar-refractivity contribution in [2.24, 2.45) is 0 Å². The molecule has 6 nitrogen and oxygen atoms in total. The lowest BCUT2D eigenvalue weighted by atomic mass is 10.1. The number of halogens is 3. The lowest BCUT2D eigenvalue weighted by Gasteiger charge is -2.40. The van der Waals surface area contributed by atoms with Crippen molar-refractivity contribution in [3.63, 3.8) is 0 Å². The summed E-state index contributed by atoms with van der Waals surface area (Å²) in [5.74, 6) is -1.06. The maximum absolute atomic E-state index is 14.5. The Hall–Kier alpha value is -1.29. The fourth-order valence-electron chi connectivity index (χ4n) is 2.97. The number of ether oxygens (including phenoxy) is 2. The molecule has 9 heteroatoms. The molecule has 1 fully saturated rings. The third-order valence-electron chi connectivity index (χ3n) is 4.16. The highest BCUT2D eigenvalue weighted by atomic mass is 127. The Morgan fingerprint density at radius 2 is 2.12 bits per heavy atom. The first-order chi connectivity index (χ1) is 12.1. The highest BCUT2D eigenvalue weighted by Crippen LogP contribution is 2.36. The average Bonchev–Trinajstić information content (AvgIpc) is 2.69. The quantitative estimate of drug-likeness (QED) is 0.407.